The molecule has 4 rings (SSSR count). The normalized spacial score (nSPS) is 11.3. The Labute approximate surface area is 247 Å². The molecule has 0 radical (unpaired) electrons. The van der Waals surface area contributed by atoms with Gasteiger partial charge >= 0.3 is 11.9 Å². The number of fused-ring (bicyclic) bond motifs is 1. The van der Waals surface area contributed by atoms with E-state index in [1.165, 1.54) is 16.7 Å². The van der Waals surface area contributed by atoms with Crippen molar-refractivity contribution in [2.45, 2.75) is 59.4 Å². The lowest BCUT2D eigenvalue weighted by molar-refractivity contribution is -0.137. The van der Waals surface area contributed by atoms with Gasteiger partial charge in [-0.2, -0.15) is 0 Å². The van der Waals surface area contributed by atoms with Crippen LogP contribution in [0.5, 0.6) is 11.5 Å². The number of aliphatic carboxylic acids is 2. The third-order valence-corrected chi connectivity index (χ3v) is 7.31. The van der Waals surface area contributed by atoms with Gasteiger partial charge in [0, 0.05) is 30.1 Å². The molecule has 0 fully saturated rings. The first-order valence-corrected chi connectivity index (χ1v) is 14.4. The van der Waals surface area contributed by atoms with Crippen molar-refractivity contribution >= 4 is 35.0 Å². The van der Waals surface area contributed by atoms with Crippen LogP contribution in [0, 0.1) is 20.8 Å². The van der Waals surface area contributed by atoms with E-state index in [2.05, 4.69) is 32.9 Å². The Balaban J connectivity index is 1.33. The van der Waals surface area contributed by atoms with Gasteiger partial charge in [-0.05, 0) is 97.7 Å². The summed E-state index contributed by atoms with van der Waals surface area (Å²) >= 11 is 0. The van der Waals surface area contributed by atoms with Crippen molar-refractivity contribution in [3.63, 3.8) is 0 Å². The topological polar surface area (TPSA) is 98.0 Å². The van der Waals surface area contributed by atoms with Gasteiger partial charge in [0.25, 0.3) is 0 Å². The molecule has 0 unspecified atom stereocenters. The number of carboxylic acid groups (broad SMARTS) is 2. The Hall–Kier alpha value is -4.52. The predicted molar refractivity (Wildman–Crippen MR) is 166 cm³/mol. The highest BCUT2D eigenvalue weighted by molar-refractivity contribution is 5.96. The highest BCUT2D eigenvalue weighted by atomic mass is 16.5. The van der Waals surface area contributed by atoms with E-state index >= 15 is 0 Å². The number of nitrogens with zero attached hydrogens (tertiary/aromatic N) is 1. The highest BCUT2D eigenvalue weighted by Crippen LogP contribution is 2.28. The SMILES string of the molecule is Cc1cc(C)c(C)c(OCCCCOc2ccc(C=Cc3cccc4c3c(CC(=O)O)cn4CCCC(=O)O)cc2)c1. The van der Waals surface area contributed by atoms with Gasteiger partial charge in [-0.3, -0.25) is 9.59 Å². The number of carbonyl (C=O) groups is 2. The predicted octanol–water partition coefficient (Wildman–Crippen LogP) is 7.47. The smallest absolute Gasteiger partial charge is 0.307 e. The van der Waals surface area contributed by atoms with Crippen LogP contribution in [-0.2, 0) is 22.6 Å². The van der Waals surface area contributed by atoms with Crippen LogP contribution < -0.4 is 9.47 Å². The summed E-state index contributed by atoms with van der Waals surface area (Å²) in [5.41, 5.74) is 7.17. The molecule has 220 valence electrons. The summed E-state index contributed by atoms with van der Waals surface area (Å²) in [6, 6.07) is 18.0. The minimum atomic E-state index is -0.905. The van der Waals surface area contributed by atoms with E-state index in [1.807, 2.05) is 65.4 Å². The van der Waals surface area contributed by atoms with Gasteiger partial charge in [0.05, 0.1) is 19.6 Å². The van der Waals surface area contributed by atoms with Gasteiger partial charge in [0.2, 0.25) is 0 Å². The van der Waals surface area contributed by atoms with Crippen molar-refractivity contribution < 1.29 is 29.3 Å². The zero-order valence-corrected chi connectivity index (χ0v) is 24.6. The van der Waals surface area contributed by atoms with Crippen LogP contribution in [0.4, 0.5) is 0 Å². The summed E-state index contributed by atoms with van der Waals surface area (Å²) in [4.78, 5) is 22.5. The number of aromatic nitrogens is 1. The van der Waals surface area contributed by atoms with Crippen LogP contribution in [-0.4, -0.2) is 39.9 Å². The molecule has 7 nitrogen and oxygen atoms in total. The molecule has 0 aliphatic heterocycles. The van der Waals surface area contributed by atoms with E-state index in [-0.39, 0.29) is 12.8 Å². The first kappa shape index (κ1) is 30.4. The Morgan fingerprint density at radius 2 is 1.60 bits per heavy atom. The Morgan fingerprint density at radius 1 is 0.857 bits per heavy atom. The average molecular weight is 570 g/mol. The molecule has 0 amide bonds. The standard InChI is InChI=1S/C35H39NO6/c1-24-20-25(2)26(3)32(21-24)42-19-5-4-18-41-30-15-12-27(13-16-30)11-14-28-8-6-9-31-35(28)29(22-34(39)40)23-36(31)17-7-10-33(37)38/h6,8-9,11-16,20-21,23H,4-5,7,10,17-19,22H2,1-3H3,(H,37,38)(H,39,40). The first-order valence-electron chi connectivity index (χ1n) is 14.4. The average Bonchev–Trinajstić information content (AvgIpc) is 3.29. The molecule has 0 aliphatic rings. The van der Waals surface area contributed by atoms with Gasteiger partial charge in [-0.1, -0.05) is 42.5 Å². The van der Waals surface area contributed by atoms with Crippen LogP contribution in [0.2, 0.25) is 0 Å². The zero-order chi connectivity index (χ0) is 30.1. The third-order valence-electron chi connectivity index (χ3n) is 7.31. The summed E-state index contributed by atoms with van der Waals surface area (Å²) in [7, 11) is 0. The first-order chi connectivity index (χ1) is 20.2. The van der Waals surface area contributed by atoms with E-state index in [1.54, 1.807) is 0 Å². The Morgan fingerprint density at radius 3 is 2.31 bits per heavy atom. The minimum Gasteiger partial charge on any atom is -0.494 e. The van der Waals surface area contributed by atoms with Gasteiger partial charge in [0.15, 0.2) is 0 Å². The maximum Gasteiger partial charge on any atom is 0.307 e. The van der Waals surface area contributed by atoms with Gasteiger partial charge in [-0.15, -0.1) is 0 Å². The van der Waals surface area contributed by atoms with Crippen molar-refractivity contribution in [2.75, 3.05) is 13.2 Å². The molecular weight excluding hydrogens is 530 g/mol. The van der Waals surface area contributed by atoms with Crippen molar-refractivity contribution in [3.8, 4) is 11.5 Å². The molecule has 0 atom stereocenters. The van der Waals surface area contributed by atoms with Crippen molar-refractivity contribution in [1.82, 2.24) is 4.57 Å². The van der Waals surface area contributed by atoms with Crippen molar-refractivity contribution in [2.24, 2.45) is 0 Å². The second-order valence-electron chi connectivity index (χ2n) is 10.7. The molecule has 42 heavy (non-hydrogen) atoms. The molecule has 3 aromatic carbocycles. The lowest BCUT2D eigenvalue weighted by Gasteiger charge is -2.12. The van der Waals surface area contributed by atoms with Crippen LogP contribution in [0.3, 0.4) is 0 Å². The Kier molecular flexibility index (Phi) is 10.4. The molecule has 0 spiro atoms. The van der Waals surface area contributed by atoms with E-state index in [4.69, 9.17) is 14.6 Å². The van der Waals surface area contributed by atoms with Crippen LogP contribution in [0.15, 0.2) is 60.8 Å². The molecule has 7 heteroatoms. The summed E-state index contributed by atoms with van der Waals surface area (Å²) in [5.74, 6) is 0.0195. The number of hydrogen-bond donors (Lipinski definition) is 2. The van der Waals surface area contributed by atoms with E-state index in [0.717, 1.165) is 46.4 Å². The number of carboxylic acids is 2. The summed E-state index contributed by atoms with van der Waals surface area (Å²) in [5, 5.41) is 19.3. The maximum atomic E-state index is 11.5. The molecule has 4 aromatic rings. The number of hydrogen-bond acceptors (Lipinski definition) is 4. The second kappa shape index (κ2) is 14.4. The Bertz CT molecular complexity index is 1560. The van der Waals surface area contributed by atoms with E-state index in [0.29, 0.717) is 31.7 Å². The third kappa shape index (κ3) is 8.26. The fraction of sp³-hybridized carbons (Fsp3) is 0.314. The number of unbranched alkanes of at least 4 members (excludes halogenated alkanes) is 1. The molecule has 0 aliphatic carbocycles. The maximum absolute atomic E-state index is 11.5. The molecular formula is C35H39NO6. The van der Waals surface area contributed by atoms with Crippen molar-refractivity contribution in [3.05, 3.63) is 94.2 Å². The second-order valence-corrected chi connectivity index (χ2v) is 10.7. The summed E-state index contributed by atoms with van der Waals surface area (Å²) in [6.45, 7) is 8.06. The lowest BCUT2D eigenvalue weighted by Crippen LogP contribution is -2.04. The van der Waals surface area contributed by atoms with Crippen LogP contribution >= 0.6 is 0 Å². The number of rotatable bonds is 15. The van der Waals surface area contributed by atoms with Crippen molar-refractivity contribution in [1.29, 1.82) is 0 Å². The zero-order valence-electron chi connectivity index (χ0n) is 24.6. The monoisotopic (exact) mass is 569 g/mol. The fourth-order valence-corrected chi connectivity index (χ4v) is 5.08. The van der Waals surface area contributed by atoms with Gasteiger partial charge in [-0.25, -0.2) is 0 Å². The van der Waals surface area contributed by atoms with Crippen LogP contribution in [0.1, 0.15) is 59.1 Å². The fourth-order valence-electron chi connectivity index (χ4n) is 5.08. The highest BCUT2D eigenvalue weighted by Gasteiger charge is 2.14. The molecule has 0 bridgehead atoms. The van der Waals surface area contributed by atoms with Gasteiger partial charge in [0.1, 0.15) is 11.5 Å². The van der Waals surface area contributed by atoms with Crippen LogP contribution in [0.25, 0.3) is 23.1 Å². The van der Waals surface area contributed by atoms with E-state index < -0.39 is 11.9 Å². The lowest BCUT2D eigenvalue weighted by atomic mass is 10.0. The van der Waals surface area contributed by atoms with E-state index in [9.17, 15) is 14.7 Å². The number of ether oxygens (including phenoxy) is 2. The molecule has 1 aromatic heterocycles. The largest absolute Gasteiger partial charge is 0.494 e. The van der Waals surface area contributed by atoms with Gasteiger partial charge < -0.3 is 24.3 Å². The summed E-state index contributed by atoms with van der Waals surface area (Å²) < 4.78 is 13.9. The number of aryl methyl sites for hydroxylation is 3. The quantitative estimate of drug-likeness (QED) is 0.114. The molecule has 0 saturated carbocycles. The minimum absolute atomic E-state index is 0.0646. The number of benzene rings is 3. The molecule has 1 heterocycles. The summed E-state index contributed by atoms with van der Waals surface area (Å²) in [6.07, 6.45) is 8.06. The molecule has 0 saturated heterocycles. The molecule has 2 N–H and O–H groups in total.